The molecule has 0 spiro atoms. The van der Waals surface area contributed by atoms with E-state index in [0.29, 0.717) is 5.75 Å². The van der Waals surface area contributed by atoms with E-state index in [-0.39, 0.29) is 12.8 Å². The molecule has 0 saturated carbocycles. The van der Waals surface area contributed by atoms with Gasteiger partial charge in [0, 0.05) is 12.8 Å². The Morgan fingerprint density at radius 3 is 2.18 bits per heavy atom. The fourth-order valence-corrected chi connectivity index (χ4v) is 2.59. The summed E-state index contributed by atoms with van der Waals surface area (Å²) in [5.41, 5.74) is 1.05. The molecule has 1 saturated heterocycles. The summed E-state index contributed by atoms with van der Waals surface area (Å²) in [4.78, 5) is 22.6. The first kappa shape index (κ1) is 11.9. The third-order valence-corrected chi connectivity index (χ3v) is 3.73. The molecule has 0 N–H and O–H groups in total. The molecular formula is C11H12NO4P. The van der Waals surface area contributed by atoms with E-state index >= 15 is 0 Å². The third-order valence-electron chi connectivity index (χ3n) is 2.46. The second kappa shape index (κ2) is 4.72. The van der Waals surface area contributed by atoms with E-state index in [2.05, 4.69) is 0 Å². The first-order valence-electron chi connectivity index (χ1n) is 5.22. The van der Waals surface area contributed by atoms with Crippen molar-refractivity contribution in [3.8, 4) is 5.75 Å². The molecule has 0 aromatic heterocycles. The van der Waals surface area contributed by atoms with E-state index in [1.807, 2.05) is 6.92 Å². The SMILES string of the molecule is Cc1ccc(O[PH](=O)N2C(=O)CCC2=O)cc1. The zero-order valence-electron chi connectivity index (χ0n) is 9.30. The summed E-state index contributed by atoms with van der Waals surface area (Å²) in [6.07, 6.45) is 0.235. The van der Waals surface area contributed by atoms with Gasteiger partial charge in [-0.1, -0.05) is 17.7 Å². The minimum absolute atomic E-state index is 0.118. The Labute approximate surface area is 99.3 Å². The van der Waals surface area contributed by atoms with E-state index in [1.165, 1.54) is 0 Å². The average molecular weight is 253 g/mol. The Bertz CT molecular complexity index is 467. The van der Waals surface area contributed by atoms with Crippen LogP contribution in [-0.2, 0) is 14.2 Å². The number of benzene rings is 1. The molecule has 0 bridgehead atoms. The fourth-order valence-electron chi connectivity index (χ4n) is 1.53. The normalized spacial score (nSPS) is 17.4. The summed E-state index contributed by atoms with van der Waals surface area (Å²) in [6.45, 7) is 1.92. The first-order chi connectivity index (χ1) is 8.08. The molecule has 1 aliphatic heterocycles. The van der Waals surface area contributed by atoms with Crippen LogP contribution in [0, 0.1) is 6.92 Å². The lowest BCUT2D eigenvalue weighted by Gasteiger charge is -2.14. The van der Waals surface area contributed by atoms with Gasteiger partial charge in [0.1, 0.15) is 5.75 Å². The van der Waals surface area contributed by atoms with Gasteiger partial charge >= 0.3 is 8.18 Å². The number of hydrogen-bond donors (Lipinski definition) is 0. The molecule has 1 aliphatic rings. The van der Waals surface area contributed by atoms with Gasteiger partial charge in [-0.15, -0.1) is 0 Å². The molecule has 1 aromatic carbocycles. The van der Waals surface area contributed by atoms with Crippen LogP contribution in [0.4, 0.5) is 0 Å². The van der Waals surface area contributed by atoms with E-state index in [4.69, 9.17) is 4.52 Å². The predicted molar refractivity (Wildman–Crippen MR) is 61.9 cm³/mol. The summed E-state index contributed by atoms with van der Waals surface area (Å²) < 4.78 is 17.6. The lowest BCUT2D eigenvalue weighted by molar-refractivity contribution is -0.132. The van der Waals surface area contributed by atoms with Gasteiger partial charge in [0.05, 0.1) is 0 Å². The van der Waals surface area contributed by atoms with Crippen LogP contribution < -0.4 is 4.52 Å². The number of hydrogen-bond acceptors (Lipinski definition) is 4. The van der Waals surface area contributed by atoms with Crippen molar-refractivity contribution in [2.75, 3.05) is 0 Å². The highest BCUT2D eigenvalue weighted by molar-refractivity contribution is 7.38. The Hall–Kier alpha value is -1.61. The summed E-state index contributed by atoms with van der Waals surface area (Å²) in [5.74, 6) is -0.455. The van der Waals surface area contributed by atoms with Gasteiger partial charge < -0.3 is 4.52 Å². The van der Waals surface area contributed by atoms with Crippen molar-refractivity contribution < 1.29 is 18.7 Å². The van der Waals surface area contributed by atoms with Crippen molar-refractivity contribution in [2.45, 2.75) is 19.8 Å². The standard InChI is InChI=1S/C11H12NO4P/c1-8-2-4-9(5-3-8)16-17(15)12-10(13)6-7-11(12)14/h2-5,17H,6-7H2,1H3. The van der Waals surface area contributed by atoms with Crippen LogP contribution in [0.1, 0.15) is 18.4 Å². The number of aryl methyl sites for hydroxylation is 1. The van der Waals surface area contributed by atoms with Gasteiger partial charge in [-0.3, -0.25) is 14.2 Å². The van der Waals surface area contributed by atoms with Crippen LogP contribution in [0.25, 0.3) is 0 Å². The van der Waals surface area contributed by atoms with E-state index < -0.39 is 20.0 Å². The lowest BCUT2D eigenvalue weighted by Crippen LogP contribution is -2.22. The zero-order valence-corrected chi connectivity index (χ0v) is 10.3. The highest BCUT2D eigenvalue weighted by Gasteiger charge is 2.34. The van der Waals surface area contributed by atoms with E-state index in [1.54, 1.807) is 24.3 Å². The fraction of sp³-hybridized carbons (Fsp3) is 0.273. The van der Waals surface area contributed by atoms with Crippen molar-refractivity contribution in [3.63, 3.8) is 0 Å². The van der Waals surface area contributed by atoms with Gasteiger partial charge in [-0.25, -0.2) is 4.67 Å². The van der Waals surface area contributed by atoms with Crippen LogP contribution in [-0.4, -0.2) is 16.5 Å². The van der Waals surface area contributed by atoms with Crippen molar-refractivity contribution in [1.29, 1.82) is 0 Å². The van der Waals surface area contributed by atoms with Crippen molar-refractivity contribution in [1.82, 2.24) is 4.67 Å². The maximum atomic E-state index is 11.8. The Balaban J connectivity index is 2.09. The quantitative estimate of drug-likeness (QED) is 0.609. The van der Waals surface area contributed by atoms with Crippen LogP contribution >= 0.6 is 8.18 Å². The highest BCUT2D eigenvalue weighted by Crippen LogP contribution is 2.35. The van der Waals surface area contributed by atoms with Crippen LogP contribution in [0.3, 0.4) is 0 Å². The Kier molecular flexibility index (Phi) is 3.29. The van der Waals surface area contributed by atoms with Gasteiger partial charge in [-0.05, 0) is 19.1 Å². The number of amides is 2. The molecule has 1 unspecified atom stereocenters. The van der Waals surface area contributed by atoms with Gasteiger partial charge in [0.15, 0.2) is 0 Å². The predicted octanol–water partition coefficient (Wildman–Crippen LogP) is 1.91. The summed E-state index contributed by atoms with van der Waals surface area (Å²) in [7, 11) is -2.85. The van der Waals surface area contributed by atoms with Crippen molar-refractivity contribution >= 4 is 20.0 Å². The van der Waals surface area contributed by atoms with Crippen LogP contribution in [0.5, 0.6) is 5.75 Å². The lowest BCUT2D eigenvalue weighted by atomic mass is 10.2. The molecule has 1 aromatic rings. The number of nitrogens with zero attached hydrogens (tertiary/aromatic N) is 1. The average Bonchev–Trinajstić information content (AvgIpc) is 2.62. The minimum Gasteiger partial charge on any atom is -0.430 e. The maximum Gasteiger partial charge on any atom is 0.341 e. The van der Waals surface area contributed by atoms with Crippen LogP contribution in [0.2, 0.25) is 0 Å². The van der Waals surface area contributed by atoms with Crippen molar-refractivity contribution in [2.24, 2.45) is 0 Å². The number of carbonyl (C=O) groups excluding carboxylic acids is 2. The topological polar surface area (TPSA) is 63.7 Å². The van der Waals surface area contributed by atoms with E-state index in [9.17, 15) is 14.2 Å². The molecule has 0 radical (unpaired) electrons. The number of rotatable bonds is 3. The molecule has 6 heteroatoms. The zero-order chi connectivity index (χ0) is 12.4. The first-order valence-corrected chi connectivity index (χ1v) is 6.48. The molecule has 90 valence electrons. The molecule has 1 fully saturated rings. The molecular weight excluding hydrogens is 241 g/mol. The molecule has 2 rings (SSSR count). The van der Waals surface area contributed by atoms with Gasteiger partial charge in [-0.2, -0.15) is 0 Å². The molecule has 0 aliphatic carbocycles. The number of carbonyl (C=O) groups is 2. The highest BCUT2D eigenvalue weighted by atomic mass is 31.1. The second-order valence-corrected chi connectivity index (χ2v) is 4.99. The van der Waals surface area contributed by atoms with Gasteiger partial charge in [0.2, 0.25) is 11.8 Å². The second-order valence-electron chi connectivity index (χ2n) is 3.80. The molecule has 1 heterocycles. The largest absolute Gasteiger partial charge is 0.430 e. The summed E-state index contributed by atoms with van der Waals surface area (Å²) in [6, 6.07) is 6.92. The Morgan fingerprint density at radius 1 is 1.12 bits per heavy atom. The molecule has 2 amide bonds. The monoisotopic (exact) mass is 253 g/mol. The van der Waals surface area contributed by atoms with Crippen LogP contribution in [0.15, 0.2) is 24.3 Å². The summed E-state index contributed by atoms with van der Waals surface area (Å²) in [5, 5.41) is 0. The maximum absolute atomic E-state index is 11.8. The summed E-state index contributed by atoms with van der Waals surface area (Å²) >= 11 is 0. The smallest absolute Gasteiger partial charge is 0.341 e. The minimum atomic E-state index is -2.85. The Morgan fingerprint density at radius 2 is 1.65 bits per heavy atom. The molecule has 17 heavy (non-hydrogen) atoms. The molecule has 5 nitrogen and oxygen atoms in total. The number of imide groups is 1. The van der Waals surface area contributed by atoms with Gasteiger partial charge in [0.25, 0.3) is 0 Å². The molecule has 1 atom stereocenters. The van der Waals surface area contributed by atoms with Crippen molar-refractivity contribution in [3.05, 3.63) is 29.8 Å². The van der Waals surface area contributed by atoms with E-state index in [0.717, 1.165) is 10.2 Å². The third kappa shape index (κ3) is 2.56.